The second-order valence-corrected chi connectivity index (χ2v) is 6.11. The van der Waals surface area contributed by atoms with Crippen molar-refractivity contribution in [3.63, 3.8) is 0 Å². The standard InChI is InChI=1S/C13H13ClN4O2S/c1-7-3-4-9(14)5-10(7)16-12(20)8(2)21-13-17-11(19)6-15-18-13/h3-6,8H,1-2H3,(H,16,20)(H,17,18,19)/t8-/m1/s1. The van der Waals surface area contributed by atoms with Crippen LogP contribution in [0.15, 0.2) is 34.3 Å². The molecule has 0 saturated heterocycles. The maximum absolute atomic E-state index is 12.2. The maximum atomic E-state index is 12.2. The zero-order valence-electron chi connectivity index (χ0n) is 11.4. The van der Waals surface area contributed by atoms with E-state index >= 15 is 0 Å². The Morgan fingerprint density at radius 1 is 1.48 bits per heavy atom. The number of amides is 1. The first-order chi connectivity index (χ1) is 9.95. The highest BCUT2D eigenvalue weighted by molar-refractivity contribution is 8.00. The van der Waals surface area contributed by atoms with Crippen molar-refractivity contribution in [1.29, 1.82) is 0 Å². The number of aromatic nitrogens is 3. The lowest BCUT2D eigenvalue weighted by Crippen LogP contribution is -2.23. The summed E-state index contributed by atoms with van der Waals surface area (Å²) in [5, 5.41) is 10.5. The molecule has 110 valence electrons. The first-order valence-electron chi connectivity index (χ1n) is 6.11. The van der Waals surface area contributed by atoms with Crippen LogP contribution in [0.5, 0.6) is 0 Å². The molecule has 0 radical (unpaired) electrons. The van der Waals surface area contributed by atoms with Crippen molar-refractivity contribution in [3.8, 4) is 0 Å². The molecule has 0 aliphatic heterocycles. The van der Waals surface area contributed by atoms with Gasteiger partial charge in [0.05, 0.1) is 5.25 Å². The molecule has 2 N–H and O–H groups in total. The van der Waals surface area contributed by atoms with E-state index in [1.807, 2.05) is 13.0 Å². The number of nitrogens with one attached hydrogen (secondary N) is 2. The lowest BCUT2D eigenvalue weighted by molar-refractivity contribution is -0.115. The van der Waals surface area contributed by atoms with Crippen LogP contribution in [0.1, 0.15) is 12.5 Å². The van der Waals surface area contributed by atoms with Gasteiger partial charge >= 0.3 is 0 Å². The van der Waals surface area contributed by atoms with E-state index in [0.29, 0.717) is 15.9 Å². The zero-order valence-corrected chi connectivity index (χ0v) is 13.0. The average molecular weight is 325 g/mol. The van der Waals surface area contributed by atoms with Crippen LogP contribution in [-0.4, -0.2) is 26.3 Å². The summed E-state index contributed by atoms with van der Waals surface area (Å²) in [4.78, 5) is 25.8. The second kappa shape index (κ2) is 6.73. The fraction of sp³-hybridized carbons (Fsp3) is 0.231. The van der Waals surface area contributed by atoms with Crippen LogP contribution < -0.4 is 10.9 Å². The van der Waals surface area contributed by atoms with Crippen molar-refractivity contribution in [3.05, 3.63) is 45.3 Å². The largest absolute Gasteiger partial charge is 0.325 e. The Labute approximate surface area is 130 Å². The number of nitrogens with zero attached hydrogens (tertiary/aromatic N) is 2. The molecule has 2 rings (SSSR count). The van der Waals surface area contributed by atoms with Crippen LogP contribution in [0.3, 0.4) is 0 Å². The third-order valence-electron chi connectivity index (χ3n) is 2.67. The van der Waals surface area contributed by atoms with Gasteiger partial charge in [-0.1, -0.05) is 29.4 Å². The van der Waals surface area contributed by atoms with Gasteiger partial charge in [-0.05, 0) is 31.5 Å². The van der Waals surface area contributed by atoms with E-state index in [1.54, 1.807) is 19.1 Å². The summed E-state index contributed by atoms with van der Waals surface area (Å²) in [6.07, 6.45) is 1.07. The van der Waals surface area contributed by atoms with Crippen LogP contribution in [0.4, 0.5) is 5.69 Å². The molecule has 0 unspecified atom stereocenters. The summed E-state index contributed by atoms with van der Waals surface area (Å²) < 4.78 is 0. The number of benzene rings is 1. The van der Waals surface area contributed by atoms with E-state index in [4.69, 9.17) is 11.6 Å². The Balaban J connectivity index is 2.06. The van der Waals surface area contributed by atoms with Gasteiger partial charge in [-0.25, -0.2) is 0 Å². The molecule has 2 aromatic rings. The summed E-state index contributed by atoms with van der Waals surface area (Å²) in [6, 6.07) is 5.28. The normalized spacial score (nSPS) is 12.0. The van der Waals surface area contributed by atoms with E-state index < -0.39 is 5.25 Å². The van der Waals surface area contributed by atoms with Gasteiger partial charge in [0.2, 0.25) is 5.91 Å². The number of aromatic amines is 1. The quantitative estimate of drug-likeness (QED) is 0.842. The lowest BCUT2D eigenvalue weighted by atomic mass is 10.2. The van der Waals surface area contributed by atoms with Crippen LogP contribution in [0.2, 0.25) is 5.02 Å². The van der Waals surface area contributed by atoms with Gasteiger partial charge in [0.1, 0.15) is 6.20 Å². The van der Waals surface area contributed by atoms with Crippen molar-refractivity contribution >= 4 is 35.0 Å². The molecule has 1 aromatic heterocycles. The van der Waals surface area contributed by atoms with Gasteiger partial charge in [0.25, 0.3) is 5.56 Å². The van der Waals surface area contributed by atoms with E-state index in [0.717, 1.165) is 23.5 Å². The third-order valence-corrected chi connectivity index (χ3v) is 3.88. The summed E-state index contributed by atoms with van der Waals surface area (Å²) in [5.74, 6) is -0.211. The number of halogens is 1. The highest BCUT2D eigenvalue weighted by Gasteiger charge is 2.17. The first kappa shape index (κ1) is 15.5. The monoisotopic (exact) mass is 324 g/mol. The van der Waals surface area contributed by atoms with Crippen molar-refractivity contribution in [1.82, 2.24) is 15.2 Å². The number of thioether (sulfide) groups is 1. The predicted octanol–water partition coefficient (Wildman–Crippen LogP) is 2.25. The smallest absolute Gasteiger partial charge is 0.270 e. The Morgan fingerprint density at radius 2 is 2.24 bits per heavy atom. The highest BCUT2D eigenvalue weighted by atomic mass is 35.5. The third kappa shape index (κ3) is 4.30. The zero-order chi connectivity index (χ0) is 15.4. The summed E-state index contributed by atoms with van der Waals surface area (Å²) in [5.41, 5.74) is 1.22. The minimum atomic E-state index is -0.448. The molecule has 0 bridgehead atoms. The van der Waals surface area contributed by atoms with E-state index in [1.165, 1.54) is 0 Å². The molecule has 0 aliphatic carbocycles. The minimum Gasteiger partial charge on any atom is -0.325 e. The molecular weight excluding hydrogens is 312 g/mol. The van der Waals surface area contributed by atoms with Gasteiger partial charge < -0.3 is 5.32 Å². The second-order valence-electron chi connectivity index (χ2n) is 4.35. The van der Waals surface area contributed by atoms with Gasteiger partial charge in [0, 0.05) is 10.7 Å². The van der Waals surface area contributed by atoms with Crippen molar-refractivity contribution < 1.29 is 4.79 Å². The van der Waals surface area contributed by atoms with Gasteiger partial charge in [-0.3, -0.25) is 14.6 Å². The fourth-order valence-electron chi connectivity index (χ4n) is 1.53. The van der Waals surface area contributed by atoms with Crippen LogP contribution >= 0.6 is 23.4 Å². The predicted molar refractivity (Wildman–Crippen MR) is 82.8 cm³/mol. The van der Waals surface area contributed by atoms with Crippen molar-refractivity contribution in [2.75, 3.05) is 5.32 Å². The van der Waals surface area contributed by atoms with Crippen molar-refractivity contribution in [2.45, 2.75) is 24.3 Å². The maximum Gasteiger partial charge on any atom is 0.270 e. The van der Waals surface area contributed by atoms with E-state index in [-0.39, 0.29) is 11.5 Å². The summed E-state index contributed by atoms with van der Waals surface area (Å²) in [6.45, 7) is 3.59. The number of H-pyrrole nitrogens is 1. The molecule has 8 heteroatoms. The Morgan fingerprint density at radius 3 is 2.95 bits per heavy atom. The highest BCUT2D eigenvalue weighted by Crippen LogP contribution is 2.23. The molecule has 1 aromatic carbocycles. The van der Waals surface area contributed by atoms with Gasteiger partial charge in [0.15, 0.2) is 5.16 Å². The topological polar surface area (TPSA) is 87.7 Å². The van der Waals surface area contributed by atoms with Crippen molar-refractivity contribution in [2.24, 2.45) is 0 Å². The Hall–Kier alpha value is -1.86. The SMILES string of the molecule is Cc1ccc(Cl)cc1NC(=O)[C@@H](C)Sc1nncc(=O)[nH]1. The Bertz CT molecular complexity index is 719. The summed E-state index contributed by atoms with van der Waals surface area (Å²) in [7, 11) is 0. The minimum absolute atomic E-state index is 0.211. The molecule has 6 nitrogen and oxygen atoms in total. The molecule has 1 heterocycles. The van der Waals surface area contributed by atoms with E-state index in [9.17, 15) is 9.59 Å². The molecular formula is C13H13ClN4O2S. The number of anilines is 1. The number of carbonyl (C=O) groups is 1. The van der Waals surface area contributed by atoms with E-state index in [2.05, 4.69) is 20.5 Å². The number of hydrogen-bond donors (Lipinski definition) is 2. The summed E-state index contributed by atoms with van der Waals surface area (Å²) >= 11 is 7.03. The number of rotatable bonds is 4. The number of hydrogen-bond acceptors (Lipinski definition) is 5. The molecule has 0 saturated carbocycles. The molecule has 0 spiro atoms. The molecule has 21 heavy (non-hydrogen) atoms. The first-order valence-corrected chi connectivity index (χ1v) is 7.37. The number of aryl methyl sites for hydroxylation is 1. The molecule has 0 aliphatic rings. The molecule has 1 atom stereocenters. The van der Waals surface area contributed by atoms with Crippen LogP contribution in [0, 0.1) is 6.92 Å². The van der Waals surface area contributed by atoms with Gasteiger partial charge in [-0.15, -0.1) is 5.10 Å². The van der Waals surface area contributed by atoms with Gasteiger partial charge in [-0.2, -0.15) is 5.10 Å². The van der Waals surface area contributed by atoms with Crippen LogP contribution in [-0.2, 0) is 4.79 Å². The molecule has 1 amide bonds. The Kier molecular flexibility index (Phi) is 4.98. The van der Waals surface area contributed by atoms with Crippen LogP contribution in [0.25, 0.3) is 0 Å². The molecule has 0 fully saturated rings. The number of carbonyl (C=O) groups excluding carboxylic acids is 1. The lowest BCUT2D eigenvalue weighted by Gasteiger charge is -2.13. The fourth-order valence-corrected chi connectivity index (χ4v) is 2.46. The average Bonchev–Trinajstić information content (AvgIpc) is 2.43.